The summed E-state index contributed by atoms with van der Waals surface area (Å²) in [5.74, 6) is 2.06. The number of nitrogens with one attached hydrogen (secondary N) is 2. The van der Waals surface area contributed by atoms with E-state index in [2.05, 4.69) is 21.7 Å². The molecule has 0 spiro atoms. The van der Waals surface area contributed by atoms with Crippen LogP contribution in [0.1, 0.15) is 44.1 Å². The lowest BCUT2D eigenvalue weighted by Gasteiger charge is -2.58. The molecule has 2 amide bonds. The molecule has 0 aromatic carbocycles. The van der Waals surface area contributed by atoms with E-state index in [-0.39, 0.29) is 29.6 Å². The molecule has 4 unspecified atom stereocenters. The second kappa shape index (κ2) is 7.70. The van der Waals surface area contributed by atoms with Crippen molar-refractivity contribution in [2.45, 2.75) is 50.7 Å². The highest BCUT2D eigenvalue weighted by atomic mass is 16.6. The van der Waals surface area contributed by atoms with Crippen LogP contribution in [0.25, 0.3) is 0 Å². The molecule has 1 aromatic heterocycles. The van der Waals surface area contributed by atoms with E-state index in [0.29, 0.717) is 42.2 Å². The van der Waals surface area contributed by atoms with Crippen LogP contribution in [0.15, 0.2) is 18.3 Å². The van der Waals surface area contributed by atoms with E-state index in [1.54, 1.807) is 30.3 Å². The minimum Gasteiger partial charge on any atom is -0.446 e. The van der Waals surface area contributed by atoms with Gasteiger partial charge in [0.05, 0.1) is 11.0 Å². The van der Waals surface area contributed by atoms with Gasteiger partial charge in [-0.3, -0.25) is 4.79 Å². The highest BCUT2D eigenvalue weighted by molar-refractivity contribution is 5.83. The molecule has 2 N–H and O–H groups in total. The number of ether oxygens (including phenoxy) is 1. The molecule has 4 saturated carbocycles. The number of nitriles is 1. The van der Waals surface area contributed by atoms with Crippen LogP contribution in [-0.2, 0) is 9.53 Å². The van der Waals surface area contributed by atoms with Gasteiger partial charge in [0.25, 0.3) is 0 Å². The Hall–Kier alpha value is -2.82. The largest absolute Gasteiger partial charge is 0.446 e. The summed E-state index contributed by atoms with van der Waals surface area (Å²) in [6.07, 6.45) is 6.89. The number of pyridine rings is 1. The molecular weight excluding hydrogens is 394 g/mol. The number of anilines is 1. The number of carbonyl (C=O) groups excluding carboxylic acids is 2. The van der Waals surface area contributed by atoms with Crippen LogP contribution in [0.5, 0.6) is 0 Å². The SMILES string of the molecule is CNC(=O)C12CC3CC(C1)C(OC(=O)N1CC[C@@H](Nc4ccc(C#N)cn4)C1)[C@@H](C3)C2. The van der Waals surface area contributed by atoms with Crippen LogP contribution in [-0.4, -0.2) is 54.2 Å². The topological polar surface area (TPSA) is 107 Å². The summed E-state index contributed by atoms with van der Waals surface area (Å²) in [6.45, 7) is 1.23. The number of hydrogen-bond acceptors (Lipinski definition) is 6. The highest BCUT2D eigenvalue weighted by Crippen LogP contribution is 2.60. The molecule has 4 aliphatic carbocycles. The third-order valence-corrected chi connectivity index (χ3v) is 7.82. The van der Waals surface area contributed by atoms with E-state index in [1.165, 1.54) is 0 Å². The Morgan fingerprint density at radius 2 is 2.03 bits per heavy atom. The zero-order valence-electron chi connectivity index (χ0n) is 17.8. The predicted molar refractivity (Wildman–Crippen MR) is 113 cm³/mol. The quantitative estimate of drug-likeness (QED) is 0.771. The van der Waals surface area contributed by atoms with Crippen LogP contribution in [0, 0.1) is 34.5 Å². The Morgan fingerprint density at radius 1 is 1.26 bits per heavy atom. The van der Waals surface area contributed by atoms with Crippen LogP contribution < -0.4 is 10.6 Å². The average Bonchev–Trinajstić information content (AvgIpc) is 3.24. The molecule has 6 rings (SSSR count). The summed E-state index contributed by atoms with van der Waals surface area (Å²) in [5.41, 5.74) is 0.279. The van der Waals surface area contributed by atoms with Gasteiger partial charge in [-0.1, -0.05) is 0 Å². The monoisotopic (exact) mass is 423 g/mol. The van der Waals surface area contributed by atoms with Crippen LogP contribution in [0.4, 0.5) is 10.6 Å². The smallest absolute Gasteiger partial charge is 0.410 e. The molecule has 1 aliphatic heterocycles. The van der Waals surface area contributed by atoms with Gasteiger partial charge >= 0.3 is 6.09 Å². The molecule has 5 aliphatic rings. The predicted octanol–water partition coefficient (Wildman–Crippen LogP) is 2.52. The summed E-state index contributed by atoms with van der Waals surface area (Å²) >= 11 is 0. The maximum absolute atomic E-state index is 12.9. The zero-order chi connectivity index (χ0) is 21.6. The maximum Gasteiger partial charge on any atom is 0.410 e. The number of carbonyl (C=O) groups is 2. The third-order valence-electron chi connectivity index (χ3n) is 7.82. The van der Waals surface area contributed by atoms with Gasteiger partial charge in [0, 0.05) is 32.4 Å². The Kier molecular flexibility index (Phi) is 4.99. The zero-order valence-corrected chi connectivity index (χ0v) is 17.8. The standard InChI is InChI=1S/C23H29N5O3/c1-25-21(29)23-8-15-6-16(9-23)20(17(7-15)10-23)31-22(30)28-5-4-18(13-28)27-19-3-2-14(11-24)12-26-19/h2-3,12,15-18,20H,4-10,13H2,1H3,(H,25,29)(H,26,27)/t15?,16-,17?,18+,20?,23?/m0/s1. The fraction of sp³-hybridized carbons (Fsp3) is 0.652. The molecule has 5 fully saturated rings. The van der Waals surface area contributed by atoms with Gasteiger partial charge < -0.3 is 20.3 Å². The second-order valence-corrected chi connectivity index (χ2v) is 9.80. The molecule has 8 nitrogen and oxygen atoms in total. The molecule has 6 atom stereocenters. The number of likely N-dealkylation sites (tertiary alicyclic amines) is 1. The van der Waals surface area contributed by atoms with Crippen molar-refractivity contribution in [2.24, 2.45) is 23.2 Å². The average molecular weight is 424 g/mol. The molecular formula is C23H29N5O3. The molecule has 8 heteroatoms. The van der Waals surface area contributed by atoms with E-state index >= 15 is 0 Å². The van der Waals surface area contributed by atoms with E-state index in [4.69, 9.17) is 10.00 Å². The Balaban J connectivity index is 1.18. The summed E-state index contributed by atoms with van der Waals surface area (Å²) in [5, 5.41) is 15.1. The van der Waals surface area contributed by atoms with Gasteiger partial charge in [0.15, 0.2) is 0 Å². The van der Waals surface area contributed by atoms with Crippen molar-refractivity contribution in [1.82, 2.24) is 15.2 Å². The number of aromatic nitrogens is 1. The van der Waals surface area contributed by atoms with Crippen molar-refractivity contribution in [1.29, 1.82) is 5.26 Å². The number of nitrogens with zero attached hydrogens (tertiary/aromatic N) is 3. The summed E-state index contributed by atoms with van der Waals surface area (Å²) < 4.78 is 6.07. The van der Waals surface area contributed by atoms with Crippen molar-refractivity contribution in [3.8, 4) is 6.07 Å². The minimum absolute atomic E-state index is 0.0611. The molecule has 1 aromatic rings. The van der Waals surface area contributed by atoms with Gasteiger partial charge in [-0.05, 0) is 68.4 Å². The molecule has 164 valence electrons. The normalized spacial score (nSPS) is 35.5. The minimum atomic E-state index is -0.245. The lowest BCUT2D eigenvalue weighted by Crippen LogP contribution is -2.59. The number of rotatable bonds is 4. The van der Waals surface area contributed by atoms with Crippen LogP contribution >= 0.6 is 0 Å². The number of amides is 2. The first-order valence-corrected chi connectivity index (χ1v) is 11.3. The van der Waals surface area contributed by atoms with E-state index < -0.39 is 0 Å². The fourth-order valence-corrected chi connectivity index (χ4v) is 6.70. The summed E-state index contributed by atoms with van der Waals surface area (Å²) in [6, 6.07) is 5.69. The highest BCUT2D eigenvalue weighted by Gasteiger charge is 2.59. The first kappa shape index (κ1) is 20.1. The first-order chi connectivity index (χ1) is 15.0. The van der Waals surface area contributed by atoms with Crippen molar-refractivity contribution in [3.63, 3.8) is 0 Å². The maximum atomic E-state index is 12.9. The molecule has 1 saturated heterocycles. The molecule has 2 heterocycles. The summed E-state index contributed by atoms with van der Waals surface area (Å²) in [4.78, 5) is 31.5. The second-order valence-electron chi connectivity index (χ2n) is 9.80. The van der Waals surface area contributed by atoms with Crippen molar-refractivity contribution in [3.05, 3.63) is 23.9 Å². The van der Waals surface area contributed by atoms with Gasteiger partial charge in [0.1, 0.15) is 18.0 Å². The van der Waals surface area contributed by atoms with E-state index in [9.17, 15) is 9.59 Å². The molecule has 0 radical (unpaired) electrons. The number of hydrogen-bond donors (Lipinski definition) is 2. The fourth-order valence-electron chi connectivity index (χ4n) is 6.70. The van der Waals surface area contributed by atoms with Gasteiger partial charge in [-0.25, -0.2) is 9.78 Å². The van der Waals surface area contributed by atoms with Gasteiger partial charge in [-0.2, -0.15) is 5.26 Å². The Morgan fingerprint density at radius 3 is 2.68 bits per heavy atom. The van der Waals surface area contributed by atoms with E-state index in [1.807, 2.05) is 0 Å². The lowest BCUT2D eigenvalue weighted by molar-refractivity contribution is -0.164. The Labute approximate surface area is 182 Å². The lowest BCUT2D eigenvalue weighted by atomic mass is 9.48. The van der Waals surface area contributed by atoms with Crippen molar-refractivity contribution in [2.75, 3.05) is 25.5 Å². The third kappa shape index (κ3) is 3.60. The van der Waals surface area contributed by atoms with Crippen molar-refractivity contribution >= 4 is 17.8 Å². The first-order valence-electron chi connectivity index (χ1n) is 11.3. The molecule has 31 heavy (non-hydrogen) atoms. The van der Waals surface area contributed by atoms with Crippen LogP contribution in [0.3, 0.4) is 0 Å². The van der Waals surface area contributed by atoms with Crippen molar-refractivity contribution < 1.29 is 14.3 Å². The van der Waals surface area contributed by atoms with Crippen LogP contribution in [0.2, 0.25) is 0 Å². The van der Waals surface area contributed by atoms with Gasteiger partial charge in [0.2, 0.25) is 5.91 Å². The molecule has 4 bridgehead atoms. The Bertz CT molecular complexity index is 895. The van der Waals surface area contributed by atoms with Gasteiger partial charge in [-0.15, -0.1) is 0 Å². The summed E-state index contributed by atoms with van der Waals surface area (Å²) in [7, 11) is 1.73. The van der Waals surface area contributed by atoms with E-state index in [0.717, 1.165) is 38.5 Å².